The second kappa shape index (κ2) is 3.67. The van der Waals surface area contributed by atoms with Gasteiger partial charge in [0.1, 0.15) is 0 Å². The number of rotatable bonds is 3. The molecule has 0 aliphatic carbocycles. The van der Waals surface area contributed by atoms with Gasteiger partial charge in [-0.1, -0.05) is 18.2 Å². The summed E-state index contributed by atoms with van der Waals surface area (Å²) in [5, 5.41) is 4.50. The third kappa shape index (κ3) is 1.60. The largest absolute Gasteiger partial charge is 0.362 e. The van der Waals surface area contributed by atoms with Crippen LogP contribution in [0.4, 0.5) is 0 Å². The second-order valence-electron chi connectivity index (χ2n) is 3.21. The van der Waals surface area contributed by atoms with Crippen molar-refractivity contribution in [3.8, 4) is 0 Å². The van der Waals surface area contributed by atoms with Gasteiger partial charge in [-0.05, 0) is 24.6 Å². The fourth-order valence-corrected chi connectivity index (χ4v) is 1.60. The molecule has 0 saturated heterocycles. The molecule has 0 amide bonds. The first-order chi connectivity index (χ1) is 6.42. The molecule has 2 rings (SSSR count). The Morgan fingerprint density at radius 1 is 1.31 bits per heavy atom. The van der Waals surface area contributed by atoms with Crippen LogP contribution in [0.1, 0.15) is 5.56 Å². The van der Waals surface area contributed by atoms with Crippen LogP contribution in [-0.4, -0.2) is 19.5 Å². The van der Waals surface area contributed by atoms with Crippen LogP contribution in [0.3, 0.4) is 0 Å². The van der Waals surface area contributed by atoms with E-state index < -0.39 is 0 Å². The second-order valence-corrected chi connectivity index (χ2v) is 3.21. The van der Waals surface area contributed by atoms with Crippen molar-refractivity contribution in [1.82, 2.24) is 10.2 Å². The van der Waals surface area contributed by atoms with Gasteiger partial charge in [0.25, 0.3) is 0 Å². The summed E-state index contributed by atoms with van der Waals surface area (Å²) in [5.74, 6) is 0. The standard InChI is InChI=1S/C10H13BN2/c11-13-6-5-8-7-12-10-4-2-1-3-9(8)10/h1-4,7,12-13H,5-6,11H2. The molecule has 0 bridgehead atoms. The van der Waals surface area contributed by atoms with Gasteiger partial charge in [-0.3, -0.25) is 0 Å². The summed E-state index contributed by atoms with van der Waals surface area (Å²) >= 11 is 0. The van der Waals surface area contributed by atoms with Crippen LogP contribution < -0.4 is 5.23 Å². The van der Waals surface area contributed by atoms with E-state index in [4.69, 9.17) is 0 Å². The maximum absolute atomic E-state index is 3.27. The molecule has 2 nitrogen and oxygen atoms in total. The number of aromatic amines is 1. The average molecular weight is 172 g/mol. The van der Waals surface area contributed by atoms with Crippen molar-refractivity contribution in [2.24, 2.45) is 0 Å². The molecule has 0 unspecified atom stereocenters. The molecule has 2 N–H and O–H groups in total. The molecule has 1 aromatic carbocycles. The smallest absolute Gasteiger partial charge is 0.181 e. The third-order valence-corrected chi connectivity index (χ3v) is 2.32. The number of nitrogens with one attached hydrogen (secondary N) is 2. The molecule has 2 aromatic rings. The normalized spacial score (nSPS) is 10.8. The van der Waals surface area contributed by atoms with Crippen molar-refractivity contribution in [2.45, 2.75) is 6.42 Å². The van der Waals surface area contributed by atoms with Gasteiger partial charge in [0, 0.05) is 17.1 Å². The van der Waals surface area contributed by atoms with Crippen LogP contribution >= 0.6 is 0 Å². The summed E-state index contributed by atoms with van der Waals surface area (Å²) in [5.41, 5.74) is 2.62. The quantitative estimate of drug-likeness (QED) is 0.660. The molecule has 1 heterocycles. The topological polar surface area (TPSA) is 27.8 Å². The fourth-order valence-electron chi connectivity index (χ4n) is 1.60. The van der Waals surface area contributed by atoms with Gasteiger partial charge in [-0.25, -0.2) is 0 Å². The van der Waals surface area contributed by atoms with E-state index in [2.05, 4.69) is 40.7 Å². The first-order valence-electron chi connectivity index (χ1n) is 4.61. The highest BCUT2D eigenvalue weighted by Crippen LogP contribution is 2.17. The lowest BCUT2D eigenvalue weighted by Crippen LogP contribution is -2.11. The van der Waals surface area contributed by atoms with Crippen molar-refractivity contribution < 1.29 is 0 Å². The minimum absolute atomic E-state index is 1.03. The molecule has 0 saturated carbocycles. The maximum Gasteiger partial charge on any atom is 0.181 e. The maximum atomic E-state index is 3.27. The molecule has 13 heavy (non-hydrogen) atoms. The summed E-state index contributed by atoms with van der Waals surface area (Å²) in [6.07, 6.45) is 3.18. The molecule has 3 heteroatoms. The van der Waals surface area contributed by atoms with E-state index in [0.717, 1.165) is 13.0 Å². The van der Waals surface area contributed by atoms with Crippen LogP contribution in [0.25, 0.3) is 10.9 Å². The lowest BCUT2D eigenvalue weighted by molar-refractivity contribution is 0.903. The number of hydrogen-bond acceptors (Lipinski definition) is 1. The van der Waals surface area contributed by atoms with Gasteiger partial charge in [0.2, 0.25) is 0 Å². The molecule has 0 fully saturated rings. The monoisotopic (exact) mass is 172 g/mol. The highest BCUT2D eigenvalue weighted by molar-refractivity contribution is 6.04. The SMILES string of the molecule is BNCCc1c[nH]c2ccccc12. The fraction of sp³-hybridized carbons (Fsp3) is 0.200. The summed E-state index contributed by atoms with van der Waals surface area (Å²) in [4.78, 5) is 3.27. The Balaban J connectivity index is 2.35. The molecular weight excluding hydrogens is 159 g/mol. The van der Waals surface area contributed by atoms with Crippen LogP contribution in [0.2, 0.25) is 0 Å². The van der Waals surface area contributed by atoms with Gasteiger partial charge in [0.05, 0.1) is 0 Å². The number of H-pyrrole nitrogens is 1. The van der Waals surface area contributed by atoms with E-state index in [1.165, 1.54) is 16.5 Å². The summed E-state index contributed by atoms with van der Waals surface area (Å²) in [6.45, 7) is 1.03. The van der Waals surface area contributed by atoms with Gasteiger partial charge in [0.15, 0.2) is 7.98 Å². The van der Waals surface area contributed by atoms with E-state index in [0.29, 0.717) is 0 Å². The molecule has 0 aliphatic rings. The molecule has 0 radical (unpaired) electrons. The van der Waals surface area contributed by atoms with Gasteiger partial charge in [-0.15, -0.1) is 0 Å². The molecule has 66 valence electrons. The zero-order chi connectivity index (χ0) is 9.10. The minimum Gasteiger partial charge on any atom is -0.362 e. The molecular formula is C10H13BN2. The Kier molecular flexibility index (Phi) is 2.36. The number of hydrogen-bond donors (Lipinski definition) is 2. The van der Waals surface area contributed by atoms with Gasteiger partial charge < -0.3 is 10.2 Å². The van der Waals surface area contributed by atoms with E-state index in [9.17, 15) is 0 Å². The van der Waals surface area contributed by atoms with Crippen LogP contribution in [0.5, 0.6) is 0 Å². The van der Waals surface area contributed by atoms with Gasteiger partial charge >= 0.3 is 0 Å². The predicted octanol–water partition coefficient (Wildman–Crippen LogP) is 0.848. The number of aromatic nitrogens is 1. The Labute approximate surface area is 78.8 Å². The van der Waals surface area contributed by atoms with Crippen molar-refractivity contribution in [3.05, 3.63) is 36.0 Å². The highest BCUT2D eigenvalue weighted by Gasteiger charge is 2.00. The highest BCUT2D eigenvalue weighted by atomic mass is 14.7. The van der Waals surface area contributed by atoms with E-state index >= 15 is 0 Å². The predicted molar refractivity (Wildman–Crippen MR) is 58.5 cm³/mol. The number of para-hydroxylation sites is 1. The first kappa shape index (κ1) is 8.39. The van der Waals surface area contributed by atoms with Crippen molar-refractivity contribution in [1.29, 1.82) is 0 Å². The Hall–Kier alpha value is -1.22. The van der Waals surface area contributed by atoms with Crippen LogP contribution in [-0.2, 0) is 6.42 Å². The van der Waals surface area contributed by atoms with Crippen molar-refractivity contribution >= 4 is 18.9 Å². The van der Waals surface area contributed by atoms with Crippen molar-refractivity contribution in [2.75, 3.05) is 6.54 Å². The zero-order valence-electron chi connectivity index (χ0n) is 7.80. The Morgan fingerprint density at radius 2 is 2.15 bits per heavy atom. The third-order valence-electron chi connectivity index (χ3n) is 2.32. The molecule has 0 atom stereocenters. The van der Waals surface area contributed by atoms with Crippen molar-refractivity contribution in [3.63, 3.8) is 0 Å². The summed E-state index contributed by atoms with van der Waals surface area (Å²) in [6, 6.07) is 8.41. The average Bonchev–Trinajstić information content (AvgIpc) is 2.58. The lowest BCUT2D eigenvalue weighted by Gasteiger charge is -1.97. The number of benzene rings is 1. The van der Waals surface area contributed by atoms with E-state index in [1.54, 1.807) is 0 Å². The zero-order valence-corrected chi connectivity index (χ0v) is 7.80. The first-order valence-corrected chi connectivity index (χ1v) is 4.61. The van der Waals surface area contributed by atoms with Crippen LogP contribution in [0, 0.1) is 0 Å². The summed E-state index contributed by atoms with van der Waals surface area (Å²) < 4.78 is 0. The molecule has 1 aromatic heterocycles. The number of fused-ring (bicyclic) bond motifs is 1. The van der Waals surface area contributed by atoms with Gasteiger partial charge in [-0.2, -0.15) is 0 Å². The van der Waals surface area contributed by atoms with Crippen LogP contribution in [0.15, 0.2) is 30.5 Å². The lowest BCUT2D eigenvalue weighted by atomic mass is 10.1. The molecule has 0 spiro atoms. The Morgan fingerprint density at radius 3 is 3.00 bits per heavy atom. The van der Waals surface area contributed by atoms with E-state index in [-0.39, 0.29) is 0 Å². The minimum atomic E-state index is 1.03. The van der Waals surface area contributed by atoms with E-state index in [1.807, 2.05) is 7.98 Å². The molecule has 0 aliphatic heterocycles. The Bertz CT molecular complexity index is 394. The summed E-state index contributed by atoms with van der Waals surface area (Å²) in [7, 11) is 1.98.